The third kappa shape index (κ3) is 6.85. The fraction of sp³-hybridized carbons (Fsp3) is 0.733. The number of thiophene rings is 1. The van der Waals surface area contributed by atoms with E-state index in [0.29, 0.717) is 11.5 Å². The maximum Gasteiger partial charge on any atom is 0.00445 e. The lowest BCUT2D eigenvalue weighted by Crippen LogP contribution is -2.25. The van der Waals surface area contributed by atoms with Crippen LogP contribution in [-0.4, -0.2) is 6.04 Å². The first-order chi connectivity index (χ1) is 7.87. The third-order valence-corrected chi connectivity index (χ3v) is 3.78. The van der Waals surface area contributed by atoms with Crippen LogP contribution in [0, 0.1) is 11.3 Å². The molecule has 2 unspecified atom stereocenters. The maximum atomic E-state index is 6.21. The van der Waals surface area contributed by atoms with E-state index in [9.17, 15) is 0 Å². The molecule has 1 nitrogen and oxygen atoms in total. The number of hydrogen-bond donors (Lipinski definition) is 1. The first-order valence-corrected chi connectivity index (χ1v) is 7.58. The van der Waals surface area contributed by atoms with Gasteiger partial charge in [-0.15, -0.1) is 0 Å². The van der Waals surface area contributed by atoms with Crippen LogP contribution >= 0.6 is 11.3 Å². The predicted octanol–water partition coefficient (Wildman–Crippen LogP) is 4.47. The lowest BCUT2D eigenvalue weighted by molar-refractivity contribution is 0.283. The minimum Gasteiger partial charge on any atom is -0.328 e. The zero-order valence-electron chi connectivity index (χ0n) is 11.7. The summed E-state index contributed by atoms with van der Waals surface area (Å²) in [5.74, 6) is 0.729. The second-order valence-electron chi connectivity index (χ2n) is 6.54. The van der Waals surface area contributed by atoms with Gasteiger partial charge < -0.3 is 5.73 Å². The quantitative estimate of drug-likeness (QED) is 0.795. The van der Waals surface area contributed by atoms with Crippen molar-refractivity contribution in [1.29, 1.82) is 0 Å². The van der Waals surface area contributed by atoms with E-state index >= 15 is 0 Å². The van der Waals surface area contributed by atoms with Gasteiger partial charge in [-0.3, -0.25) is 0 Å². The van der Waals surface area contributed by atoms with E-state index in [0.717, 1.165) is 25.2 Å². The van der Waals surface area contributed by atoms with Crippen LogP contribution in [0.2, 0.25) is 0 Å². The molecule has 0 bridgehead atoms. The summed E-state index contributed by atoms with van der Waals surface area (Å²) >= 11 is 1.77. The summed E-state index contributed by atoms with van der Waals surface area (Å²) in [5, 5.41) is 4.37. The molecule has 17 heavy (non-hydrogen) atoms. The molecule has 0 aliphatic carbocycles. The molecule has 0 aliphatic heterocycles. The van der Waals surface area contributed by atoms with Crippen molar-refractivity contribution in [3.63, 3.8) is 0 Å². The molecule has 0 fully saturated rings. The van der Waals surface area contributed by atoms with Gasteiger partial charge in [0.25, 0.3) is 0 Å². The molecular weight excluding hydrogens is 226 g/mol. The van der Waals surface area contributed by atoms with Gasteiger partial charge >= 0.3 is 0 Å². The largest absolute Gasteiger partial charge is 0.328 e. The van der Waals surface area contributed by atoms with Crippen LogP contribution < -0.4 is 5.73 Å². The molecule has 0 amide bonds. The lowest BCUT2D eigenvalue weighted by atomic mass is 9.82. The summed E-state index contributed by atoms with van der Waals surface area (Å²) in [6.07, 6.45) is 4.67. The topological polar surface area (TPSA) is 26.0 Å². The summed E-state index contributed by atoms with van der Waals surface area (Å²) in [7, 11) is 0. The van der Waals surface area contributed by atoms with Crippen LogP contribution in [0.25, 0.3) is 0 Å². The van der Waals surface area contributed by atoms with E-state index in [4.69, 9.17) is 5.73 Å². The van der Waals surface area contributed by atoms with E-state index in [2.05, 4.69) is 44.5 Å². The highest BCUT2D eigenvalue weighted by Gasteiger charge is 2.17. The molecule has 0 saturated heterocycles. The Morgan fingerprint density at radius 1 is 1.35 bits per heavy atom. The van der Waals surface area contributed by atoms with Crippen LogP contribution in [-0.2, 0) is 6.42 Å². The van der Waals surface area contributed by atoms with Crippen molar-refractivity contribution in [3.8, 4) is 0 Å². The molecule has 98 valence electrons. The summed E-state index contributed by atoms with van der Waals surface area (Å²) in [6.45, 7) is 9.25. The van der Waals surface area contributed by atoms with Crippen molar-refractivity contribution in [2.45, 2.75) is 59.4 Å². The van der Waals surface area contributed by atoms with Crippen molar-refractivity contribution in [1.82, 2.24) is 0 Å². The van der Waals surface area contributed by atoms with Gasteiger partial charge in [0.05, 0.1) is 0 Å². The smallest absolute Gasteiger partial charge is 0.00445 e. The maximum absolute atomic E-state index is 6.21. The summed E-state index contributed by atoms with van der Waals surface area (Å²) < 4.78 is 0. The predicted molar refractivity (Wildman–Crippen MR) is 78.5 cm³/mol. The van der Waals surface area contributed by atoms with E-state index in [1.807, 2.05) is 0 Å². The van der Waals surface area contributed by atoms with Gasteiger partial charge in [-0.1, -0.05) is 27.7 Å². The van der Waals surface area contributed by atoms with E-state index < -0.39 is 0 Å². The average molecular weight is 253 g/mol. The van der Waals surface area contributed by atoms with Crippen molar-refractivity contribution in [3.05, 3.63) is 22.4 Å². The van der Waals surface area contributed by atoms with Crippen LogP contribution in [0.4, 0.5) is 0 Å². The fourth-order valence-corrected chi connectivity index (χ4v) is 3.25. The molecule has 1 heterocycles. The lowest BCUT2D eigenvalue weighted by Gasteiger charge is -2.25. The third-order valence-electron chi connectivity index (χ3n) is 3.05. The second kappa shape index (κ2) is 6.55. The summed E-state index contributed by atoms with van der Waals surface area (Å²) in [6, 6.07) is 2.56. The monoisotopic (exact) mass is 253 g/mol. The van der Waals surface area contributed by atoms with Gasteiger partial charge in [-0.05, 0) is 59.4 Å². The normalized spacial score (nSPS) is 15.8. The molecule has 2 heteroatoms. The highest BCUT2D eigenvalue weighted by atomic mass is 32.1. The van der Waals surface area contributed by atoms with Gasteiger partial charge in [0, 0.05) is 6.04 Å². The van der Waals surface area contributed by atoms with Gasteiger partial charge in [-0.25, -0.2) is 0 Å². The molecule has 1 rings (SSSR count). The Balaban J connectivity index is 2.22. The Labute approximate surface area is 110 Å². The van der Waals surface area contributed by atoms with Crippen LogP contribution in [0.3, 0.4) is 0 Å². The molecule has 1 aromatic rings. The number of rotatable bonds is 6. The zero-order chi connectivity index (χ0) is 12.9. The van der Waals surface area contributed by atoms with Crippen LogP contribution in [0.1, 0.15) is 52.5 Å². The molecule has 1 aromatic heterocycles. The number of hydrogen-bond acceptors (Lipinski definition) is 2. The van der Waals surface area contributed by atoms with Crippen molar-refractivity contribution < 1.29 is 0 Å². The molecule has 0 spiro atoms. The number of aryl methyl sites for hydroxylation is 1. The standard InChI is InChI=1S/C15H27NS/c1-12(10-15(2,3)4)9-14(16)6-5-13-7-8-17-11-13/h7-8,11-12,14H,5-6,9-10,16H2,1-4H3. The van der Waals surface area contributed by atoms with Crippen molar-refractivity contribution in [2.75, 3.05) is 0 Å². The van der Waals surface area contributed by atoms with Crippen LogP contribution in [0.5, 0.6) is 0 Å². The van der Waals surface area contributed by atoms with Crippen LogP contribution in [0.15, 0.2) is 16.8 Å². The van der Waals surface area contributed by atoms with Gasteiger partial charge in [0.1, 0.15) is 0 Å². The van der Waals surface area contributed by atoms with E-state index in [-0.39, 0.29) is 0 Å². The molecule has 0 radical (unpaired) electrons. The van der Waals surface area contributed by atoms with Crippen molar-refractivity contribution in [2.24, 2.45) is 17.1 Å². The molecule has 0 aromatic carbocycles. The van der Waals surface area contributed by atoms with Gasteiger partial charge in [0.15, 0.2) is 0 Å². The molecule has 0 saturated carbocycles. The average Bonchev–Trinajstić information content (AvgIpc) is 2.63. The van der Waals surface area contributed by atoms with Gasteiger partial charge in [-0.2, -0.15) is 11.3 Å². The van der Waals surface area contributed by atoms with Crippen molar-refractivity contribution >= 4 is 11.3 Å². The highest BCUT2D eigenvalue weighted by Crippen LogP contribution is 2.27. The Kier molecular flexibility index (Phi) is 5.68. The highest BCUT2D eigenvalue weighted by molar-refractivity contribution is 7.07. The number of nitrogens with two attached hydrogens (primary N) is 1. The van der Waals surface area contributed by atoms with Gasteiger partial charge in [0.2, 0.25) is 0 Å². The minimum absolute atomic E-state index is 0.354. The minimum atomic E-state index is 0.354. The first-order valence-electron chi connectivity index (χ1n) is 6.63. The first kappa shape index (κ1) is 14.7. The Morgan fingerprint density at radius 3 is 2.59 bits per heavy atom. The Morgan fingerprint density at radius 2 is 2.06 bits per heavy atom. The zero-order valence-corrected chi connectivity index (χ0v) is 12.5. The molecular formula is C15H27NS. The SMILES string of the molecule is CC(CC(N)CCc1ccsc1)CC(C)(C)C. The summed E-state index contributed by atoms with van der Waals surface area (Å²) in [4.78, 5) is 0. The fourth-order valence-electron chi connectivity index (χ4n) is 2.55. The Bertz CT molecular complexity index is 297. The molecule has 2 N–H and O–H groups in total. The van der Waals surface area contributed by atoms with E-state index in [1.165, 1.54) is 12.0 Å². The summed E-state index contributed by atoms with van der Waals surface area (Å²) in [5.41, 5.74) is 8.08. The second-order valence-corrected chi connectivity index (χ2v) is 7.32. The molecule has 0 aliphatic rings. The molecule has 2 atom stereocenters. The van der Waals surface area contributed by atoms with E-state index in [1.54, 1.807) is 11.3 Å². The Hall–Kier alpha value is -0.340.